The fourth-order valence-corrected chi connectivity index (χ4v) is 4.01. The van der Waals surface area contributed by atoms with Crippen molar-refractivity contribution in [1.82, 2.24) is 9.62 Å². The Morgan fingerprint density at radius 1 is 1.38 bits per heavy atom. The molecule has 0 spiro atoms. The lowest BCUT2D eigenvalue weighted by molar-refractivity contribution is -0.274. The van der Waals surface area contributed by atoms with E-state index in [1.54, 1.807) is 0 Å². The third kappa shape index (κ3) is 4.64. The number of ether oxygens (including phenoxy) is 2. The van der Waals surface area contributed by atoms with Crippen LogP contribution < -0.4 is 10.1 Å². The molecule has 1 amide bonds. The Morgan fingerprint density at radius 2 is 2.08 bits per heavy atom. The summed E-state index contributed by atoms with van der Waals surface area (Å²) in [6.45, 7) is -0.158. The molecule has 1 atom stereocenters. The first-order valence-electron chi connectivity index (χ1n) is 7.27. The van der Waals surface area contributed by atoms with Crippen molar-refractivity contribution in [3.8, 4) is 5.75 Å². The second kappa shape index (κ2) is 7.50. The summed E-state index contributed by atoms with van der Waals surface area (Å²) >= 11 is 0. The Hall–Kier alpha value is -2.34. The van der Waals surface area contributed by atoms with Gasteiger partial charge in [0.2, 0.25) is 15.9 Å². The van der Waals surface area contributed by atoms with Crippen molar-refractivity contribution >= 4 is 21.9 Å². The van der Waals surface area contributed by atoms with Crippen LogP contribution in [-0.4, -0.2) is 57.2 Å². The average Bonchev–Trinajstić information content (AvgIpc) is 2.55. The number of alkyl halides is 3. The van der Waals surface area contributed by atoms with E-state index in [2.05, 4.69) is 14.8 Å². The number of rotatable bonds is 5. The molecule has 0 saturated carbocycles. The number of hydrogen-bond donors (Lipinski definition) is 1. The molecular weight excluding hydrogens is 381 g/mol. The van der Waals surface area contributed by atoms with Gasteiger partial charge in [-0.1, -0.05) is 6.07 Å². The molecule has 0 bridgehead atoms. The van der Waals surface area contributed by atoms with E-state index in [0.29, 0.717) is 6.07 Å². The van der Waals surface area contributed by atoms with Gasteiger partial charge >= 0.3 is 12.3 Å². The molecule has 1 saturated heterocycles. The third-order valence-electron chi connectivity index (χ3n) is 3.52. The van der Waals surface area contributed by atoms with Gasteiger partial charge in [0.05, 0.1) is 18.4 Å². The quantitative estimate of drug-likeness (QED) is 0.733. The summed E-state index contributed by atoms with van der Waals surface area (Å²) in [5, 5.41) is 2.43. The number of amides is 1. The van der Waals surface area contributed by atoms with Crippen LogP contribution in [0.5, 0.6) is 5.75 Å². The zero-order valence-electron chi connectivity index (χ0n) is 13.4. The summed E-state index contributed by atoms with van der Waals surface area (Å²) in [6, 6.07) is 2.42. The number of nitrogens with one attached hydrogen (secondary N) is 1. The van der Waals surface area contributed by atoms with Gasteiger partial charge in [-0.2, -0.15) is 4.31 Å². The molecule has 8 nitrogen and oxygen atoms in total. The Kier molecular flexibility index (Phi) is 5.76. The van der Waals surface area contributed by atoms with Crippen LogP contribution in [0.25, 0.3) is 0 Å². The number of benzene rings is 1. The summed E-state index contributed by atoms with van der Waals surface area (Å²) in [5.41, 5.74) is 0. The summed E-state index contributed by atoms with van der Waals surface area (Å²) in [7, 11) is -3.28. The lowest BCUT2D eigenvalue weighted by Gasteiger charge is -2.33. The standard InChI is InChI=1S/C14H15F3N2O6S/c1-24-12(20)8-11-13(21)18-5-6-19(11)26(22,23)10-4-2-3-9(7-10)25-14(15,16)17/h2-4,7,11H,5-6,8H2,1H3,(H,18,21)/t11-/m1/s1. The molecule has 1 aromatic rings. The highest BCUT2D eigenvalue weighted by molar-refractivity contribution is 7.89. The first kappa shape index (κ1) is 20.0. The normalized spacial score (nSPS) is 18.9. The lowest BCUT2D eigenvalue weighted by Crippen LogP contribution is -2.57. The molecule has 0 aliphatic carbocycles. The van der Waals surface area contributed by atoms with Gasteiger partial charge in [-0.15, -0.1) is 13.2 Å². The van der Waals surface area contributed by atoms with E-state index in [0.717, 1.165) is 29.6 Å². The smallest absolute Gasteiger partial charge is 0.469 e. The number of carbonyl (C=O) groups is 2. The van der Waals surface area contributed by atoms with Crippen molar-refractivity contribution in [1.29, 1.82) is 0 Å². The summed E-state index contributed by atoms with van der Waals surface area (Å²) in [5.74, 6) is -2.22. The number of sulfonamides is 1. The largest absolute Gasteiger partial charge is 0.573 e. The molecule has 1 aliphatic rings. The molecule has 1 fully saturated rings. The SMILES string of the molecule is COC(=O)C[C@@H]1C(=O)NCCN1S(=O)(=O)c1cccc(OC(F)(F)F)c1. The molecule has 0 unspecified atom stereocenters. The number of nitrogens with zero attached hydrogens (tertiary/aromatic N) is 1. The minimum atomic E-state index is -4.99. The molecular formula is C14H15F3N2O6S. The van der Waals surface area contributed by atoms with E-state index in [9.17, 15) is 31.2 Å². The Labute approximate surface area is 146 Å². The van der Waals surface area contributed by atoms with Gasteiger partial charge in [0.25, 0.3) is 0 Å². The van der Waals surface area contributed by atoms with E-state index < -0.39 is 51.4 Å². The van der Waals surface area contributed by atoms with Crippen LogP contribution >= 0.6 is 0 Å². The number of halogens is 3. The average molecular weight is 396 g/mol. The van der Waals surface area contributed by atoms with Gasteiger partial charge in [-0.25, -0.2) is 8.42 Å². The van der Waals surface area contributed by atoms with Crippen molar-refractivity contribution < 1.29 is 40.7 Å². The first-order valence-corrected chi connectivity index (χ1v) is 8.71. The van der Waals surface area contributed by atoms with E-state index in [4.69, 9.17) is 0 Å². The van der Waals surface area contributed by atoms with Gasteiger partial charge in [0, 0.05) is 19.2 Å². The van der Waals surface area contributed by atoms with Gasteiger partial charge < -0.3 is 14.8 Å². The number of esters is 1. The molecule has 0 radical (unpaired) electrons. The highest BCUT2D eigenvalue weighted by atomic mass is 32.2. The van der Waals surface area contributed by atoms with Crippen molar-refractivity contribution in [2.45, 2.75) is 23.7 Å². The molecule has 2 rings (SSSR count). The van der Waals surface area contributed by atoms with Crippen molar-refractivity contribution in [3.63, 3.8) is 0 Å². The maximum absolute atomic E-state index is 12.8. The van der Waals surface area contributed by atoms with Crippen molar-refractivity contribution in [2.24, 2.45) is 0 Å². The zero-order valence-corrected chi connectivity index (χ0v) is 14.3. The monoisotopic (exact) mass is 396 g/mol. The second-order valence-electron chi connectivity index (χ2n) is 5.23. The fraction of sp³-hybridized carbons (Fsp3) is 0.429. The van der Waals surface area contributed by atoms with Crippen LogP contribution in [0.1, 0.15) is 6.42 Å². The van der Waals surface area contributed by atoms with Crippen LogP contribution in [0.4, 0.5) is 13.2 Å². The predicted molar refractivity (Wildman–Crippen MR) is 80.4 cm³/mol. The van der Waals surface area contributed by atoms with Crippen LogP contribution in [0, 0.1) is 0 Å². The summed E-state index contributed by atoms with van der Waals surface area (Å²) in [4.78, 5) is 23.0. The first-order chi connectivity index (χ1) is 12.0. The topological polar surface area (TPSA) is 102 Å². The molecule has 1 N–H and O–H groups in total. The van der Waals surface area contributed by atoms with Crippen LogP contribution in [0.2, 0.25) is 0 Å². The predicted octanol–water partition coefficient (Wildman–Crippen LogP) is 0.637. The van der Waals surface area contributed by atoms with E-state index in [1.165, 1.54) is 0 Å². The molecule has 1 aromatic carbocycles. The number of methoxy groups -OCH3 is 1. The maximum Gasteiger partial charge on any atom is 0.573 e. The molecule has 1 heterocycles. The van der Waals surface area contributed by atoms with E-state index in [-0.39, 0.29) is 13.1 Å². The van der Waals surface area contributed by atoms with Crippen LogP contribution in [0.3, 0.4) is 0 Å². The fourth-order valence-electron chi connectivity index (χ4n) is 2.38. The second-order valence-corrected chi connectivity index (χ2v) is 7.12. The molecule has 144 valence electrons. The highest BCUT2D eigenvalue weighted by Gasteiger charge is 2.40. The lowest BCUT2D eigenvalue weighted by atomic mass is 10.1. The van der Waals surface area contributed by atoms with Gasteiger partial charge in [0.15, 0.2) is 0 Å². The van der Waals surface area contributed by atoms with E-state index in [1.807, 2.05) is 0 Å². The van der Waals surface area contributed by atoms with Crippen molar-refractivity contribution in [3.05, 3.63) is 24.3 Å². The third-order valence-corrected chi connectivity index (χ3v) is 5.42. The van der Waals surface area contributed by atoms with E-state index >= 15 is 0 Å². The molecule has 26 heavy (non-hydrogen) atoms. The van der Waals surface area contributed by atoms with Crippen LogP contribution in [-0.2, 0) is 24.3 Å². The number of carbonyl (C=O) groups excluding carboxylic acids is 2. The minimum Gasteiger partial charge on any atom is -0.469 e. The molecule has 0 aromatic heterocycles. The Bertz CT molecular complexity index is 796. The Balaban J connectivity index is 2.36. The highest BCUT2D eigenvalue weighted by Crippen LogP contribution is 2.28. The maximum atomic E-state index is 12.8. The summed E-state index contributed by atoms with van der Waals surface area (Å²) < 4.78 is 71.5. The zero-order chi connectivity index (χ0) is 19.5. The van der Waals surface area contributed by atoms with Gasteiger partial charge in [-0.3, -0.25) is 9.59 Å². The molecule has 12 heteroatoms. The number of piperazine rings is 1. The minimum absolute atomic E-state index is 0.00548. The van der Waals surface area contributed by atoms with Gasteiger partial charge in [-0.05, 0) is 12.1 Å². The Morgan fingerprint density at radius 3 is 2.69 bits per heavy atom. The van der Waals surface area contributed by atoms with Crippen molar-refractivity contribution in [2.75, 3.05) is 20.2 Å². The van der Waals surface area contributed by atoms with Crippen LogP contribution in [0.15, 0.2) is 29.2 Å². The summed E-state index contributed by atoms with van der Waals surface area (Å²) in [6.07, 6.45) is -5.51. The molecule has 1 aliphatic heterocycles. The van der Waals surface area contributed by atoms with Gasteiger partial charge in [0.1, 0.15) is 11.8 Å². The number of hydrogen-bond acceptors (Lipinski definition) is 6.